The third-order valence-corrected chi connectivity index (χ3v) is 9.95. The number of amides is 2. The minimum absolute atomic E-state index is 0.0543. The molecule has 4 bridgehead atoms. The number of aryl methyl sites for hydroxylation is 1. The van der Waals surface area contributed by atoms with E-state index in [4.69, 9.17) is 0 Å². The van der Waals surface area contributed by atoms with Crippen LogP contribution in [0.25, 0.3) is 0 Å². The van der Waals surface area contributed by atoms with Crippen molar-refractivity contribution in [3.8, 4) is 0 Å². The van der Waals surface area contributed by atoms with Crippen LogP contribution >= 0.6 is 11.8 Å². The summed E-state index contributed by atoms with van der Waals surface area (Å²) in [6, 6.07) is 7.72. The molecule has 184 valence electrons. The summed E-state index contributed by atoms with van der Waals surface area (Å²) in [5.41, 5.74) is 5.11. The smallest absolute Gasteiger partial charge is 0.252 e. The second-order valence-electron chi connectivity index (χ2n) is 11.4. The third-order valence-electron chi connectivity index (χ3n) is 9.15. The number of hydrogen-bond acceptors (Lipinski definition) is 4. The predicted molar refractivity (Wildman–Crippen MR) is 138 cm³/mol. The van der Waals surface area contributed by atoms with Crippen molar-refractivity contribution >= 4 is 23.6 Å². The van der Waals surface area contributed by atoms with Crippen molar-refractivity contribution in [2.45, 2.75) is 69.9 Å². The fourth-order valence-corrected chi connectivity index (χ4v) is 8.53. The lowest BCUT2D eigenvalue weighted by Gasteiger charge is -2.56. The maximum Gasteiger partial charge on any atom is 0.252 e. The number of hydrogen-bond donors (Lipinski definition) is 1. The summed E-state index contributed by atoms with van der Waals surface area (Å²) in [5, 5.41) is 3.13. The molecule has 1 aromatic heterocycles. The SMILES string of the molecule is CSc1ccccc1C(=O)NCc1c(C)ncc2c1CCN(C(=O)C13CC4CC(CC(C4)C1)C3)C2. The average molecular weight is 490 g/mol. The Morgan fingerprint density at radius 2 is 1.80 bits per heavy atom. The van der Waals surface area contributed by atoms with E-state index in [9.17, 15) is 9.59 Å². The van der Waals surface area contributed by atoms with Gasteiger partial charge < -0.3 is 10.2 Å². The molecule has 4 saturated carbocycles. The largest absolute Gasteiger partial charge is 0.348 e. The number of nitrogens with one attached hydrogen (secondary N) is 1. The number of nitrogens with zero attached hydrogens (tertiary/aromatic N) is 2. The zero-order valence-corrected chi connectivity index (χ0v) is 21.6. The maximum absolute atomic E-state index is 13.9. The van der Waals surface area contributed by atoms with E-state index in [2.05, 4.69) is 15.2 Å². The highest BCUT2D eigenvalue weighted by Gasteiger charge is 2.55. The summed E-state index contributed by atoms with van der Waals surface area (Å²) >= 11 is 1.58. The fourth-order valence-electron chi connectivity index (χ4n) is 7.93. The molecular weight excluding hydrogens is 454 g/mol. The second-order valence-corrected chi connectivity index (χ2v) is 12.2. The number of fused-ring (bicyclic) bond motifs is 1. The molecule has 1 aromatic carbocycles. The van der Waals surface area contributed by atoms with E-state index in [1.54, 1.807) is 11.8 Å². The van der Waals surface area contributed by atoms with Crippen molar-refractivity contribution in [1.29, 1.82) is 0 Å². The lowest BCUT2D eigenvalue weighted by molar-refractivity contribution is -0.158. The summed E-state index contributed by atoms with van der Waals surface area (Å²) in [4.78, 5) is 34.6. The van der Waals surface area contributed by atoms with Crippen molar-refractivity contribution in [2.75, 3.05) is 12.8 Å². The Balaban J connectivity index is 1.18. The first-order chi connectivity index (χ1) is 17.0. The van der Waals surface area contributed by atoms with Crippen LogP contribution in [0.5, 0.6) is 0 Å². The molecule has 0 atom stereocenters. The highest BCUT2D eigenvalue weighted by molar-refractivity contribution is 7.98. The van der Waals surface area contributed by atoms with E-state index in [-0.39, 0.29) is 11.3 Å². The minimum Gasteiger partial charge on any atom is -0.348 e. The topological polar surface area (TPSA) is 62.3 Å². The van der Waals surface area contributed by atoms with E-state index in [0.717, 1.165) is 71.7 Å². The van der Waals surface area contributed by atoms with Crippen molar-refractivity contribution in [2.24, 2.45) is 23.2 Å². The molecule has 35 heavy (non-hydrogen) atoms. The van der Waals surface area contributed by atoms with Crippen LogP contribution < -0.4 is 5.32 Å². The Morgan fingerprint density at radius 3 is 2.49 bits per heavy atom. The standard InChI is InChI=1S/C29H35N3O2S/c1-18-25(16-31-27(33)24-5-3-4-6-26(24)35-2)23-7-8-32(17-22(23)15-30-18)28(34)29-12-19-9-20(13-29)11-21(10-19)14-29/h3-6,15,19-21H,7-14,16-17H2,1-2H3,(H,31,33). The van der Waals surface area contributed by atoms with Gasteiger partial charge in [-0.1, -0.05) is 12.1 Å². The van der Waals surface area contributed by atoms with Crippen molar-refractivity contribution in [1.82, 2.24) is 15.2 Å². The van der Waals surface area contributed by atoms with Crippen molar-refractivity contribution < 1.29 is 9.59 Å². The normalized spacial score (nSPS) is 28.6. The minimum atomic E-state index is -0.0914. The van der Waals surface area contributed by atoms with Gasteiger partial charge >= 0.3 is 0 Å². The van der Waals surface area contributed by atoms with Crippen LogP contribution in [0.3, 0.4) is 0 Å². The molecule has 5 nitrogen and oxygen atoms in total. The number of benzene rings is 1. The summed E-state index contributed by atoms with van der Waals surface area (Å²) in [7, 11) is 0. The van der Waals surface area contributed by atoms with Gasteiger partial charge in [-0.3, -0.25) is 14.6 Å². The van der Waals surface area contributed by atoms with Gasteiger partial charge in [0.2, 0.25) is 5.91 Å². The Labute approximate surface area is 212 Å². The average Bonchev–Trinajstić information content (AvgIpc) is 2.86. The van der Waals surface area contributed by atoms with Crippen LogP contribution in [0, 0.1) is 30.1 Å². The molecule has 0 saturated heterocycles. The first kappa shape index (κ1) is 23.1. The van der Waals surface area contributed by atoms with Gasteiger partial charge in [-0.25, -0.2) is 0 Å². The molecule has 1 N–H and O–H groups in total. The lowest BCUT2D eigenvalue weighted by Crippen LogP contribution is -2.55. The molecule has 4 fully saturated rings. The van der Waals surface area contributed by atoms with Gasteiger partial charge in [-0.05, 0) is 105 Å². The molecule has 6 heteroatoms. The predicted octanol–water partition coefficient (Wildman–Crippen LogP) is 5.14. The van der Waals surface area contributed by atoms with Crippen molar-refractivity contribution in [3.63, 3.8) is 0 Å². The van der Waals surface area contributed by atoms with Crippen LogP contribution in [0.2, 0.25) is 0 Å². The number of pyridine rings is 1. The zero-order chi connectivity index (χ0) is 24.2. The van der Waals surface area contributed by atoms with Gasteiger partial charge in [0, 0.05) is 36.4 Å². The first-order valence-electron chi connectivity index (χ1n) is 13.1. The van der Waals surface area contributed by atoms with E-state index < -0.39 is 0 Å². The summed E-state index contributed by atoms with van der Waals surface area (Å²) in [5.74, 6) is 2.68. The molecule has 7 rings (SSSR count). The third kappa shape index (κ3) is 4.08. The number of carbonyl (C=O) groups excluding carboxylic acids is 2. The fraction of sp³-hybridized carbons (Fsp3) is 0.552. The van der Waals surface area contributed by atoms with Gasteiger partial charge in [0.1, 0.15) is 0 Å². The summed E-state index contributed by atoms with van der Waals surface area (Å²) in [6.45, 7) is 3.91. The van der Waals surface area contributed by atoms with Gasteiger partial charge in [0.25, 0.3) is 5.91 Å². The number of rotatable bonds is 5. The van der Waals surface area contributed by atoms with Crippen LogP contribution in [-0.2, 0) is 24.3 Å². The highest BCUT2D eigenvalue weighted by atomic mass is 32.2. The van der Waals surface area contributed by atoms with Crippen molar-refractivity contribution in [3.05, 3.63) is 58.4 Å². The van der Waals surface area contributed by atoms with E-state index in [1.807, 2.05) is 43.6 Å². The highest BCUT2D eigenvalue weighted by Crippen LogP contribution is 2.60. The maximum atomic E-state index is 13.9. The molecule has 0 radical (unpaired) electrons. The summed E-state index contributed by atoms with van der Waals surface area (Å²) in [6.07, 6.45) is 12.2. The number of carbonyl (C=O) groups is 2. The van der Waals surface area contributed by atoms with Crippen LogP contribution in [0.4, 0.5) is 0 Å². The molecule has 4 aliphatic carbocycles. The Morgan fingerprint density at radius 1 is 1.11 bits per heavy atom. The monoisotopic (exact) mass is 489 g/mol. The van der Waals surface area contributed by atoms with Gasteiger partial charge in [0.05, 0.1) is 11.0 Å². The first-order valence-corrected chi connectivity index (χ1v) is 14.3. The molecule has 2 amide bonds. The molecule has 2 aromatic rings. The second kappa shape index (κ2) is 8.95. The van der Waals surface area contributed by atoms with Gasteiger partial charge in [-0.15, -0.1) is 11.8 Å². The molecule has 1 aliphatic heterocycles. The van der Waals surface area contributed by atoms with Crippen LogP contribution in [-0.4, -0.2) is 34.5 Å². The molecular formula is C29H35N3O2S. The molecule has 0 spiro atoms. The number of aromatic nitrogens is 1. The van der Waals surface area contributed by atoms with Gasteiger partial charge in [-0.2, -0.15) is 0 Å². The van der Waals surface area contributed by atoms with E-state index in [1.165, 1.54) is 24.8 Å². The van der Waals surface area contributed by atoms with Crippen LogP contribution in [0.15, 0.2) is 35.4 Å². The summed E-state index contributed by atoms with van der Waals surface area (Å²) < 4.78 is 0. The zero-order valence-electron chi connectivity index (χ0n) is 20.8. The molecule has 0 unspecified atom stereocenters. The van der Waals surface area contributed by atoms with E-state index >= 15 is 0 Å². The lowest BCUT2D eigenvalue weighted by atomic mass is 9.49. The van der Waals surface area contributed by atoms with E-state index in [0.29, 0.717) is 24.6 Å². The van der Waals surface area contributed by atoms with Crippen LogP contribution in [0.1, 0.15) is 71.3 Å². The molecule has 5 aliphatic rings. The Hall–Kier alpha value is -2.34. The molecule has 2 heterocycles. The Kier molecular flexibility index (Phi) is 5.90. The number of thioether (sulfide) groups is 1. The van der Waals surface area contributed by atoms with Gasteiger partial charge in [0.15, 0.2) is 0 Å². The quantitative estimate of drug-likeness (QED) is 0.591. The Bertz CT molecular complexity index is 1140.